The van der Waals surface area contributed by atoms with E-state index in [1.54, 1.807) is 6.07 Å². The third-order valence-corrected chi connectivity index (χ3v) is 4.05. The second-order valence-corrected chi connectivity index (χ2v) is 5.52. The van der Waals surface area contributed by atoms with E-state index < -0.39 is 0 Å². The monoisotopic (exact) mass is 277 g/mol. The summed E-state index contributed by atoms with van der Waals surface area (Å²) in [7, 11) is 0. The molecule has 0 spiro atoms. The van der Waals surface area contributed by atoms with E-state index in [0.29, 0.717) is 21.2 Å². The average Bonchev–Trinajstić information content (AvgIpc) is 2.87. The maximum absolute atomic E-state index is 8.90. The fourth-order valence-corrected chi connectivity index (χ4v) is 2.89. The SMILES string of the molecule is N#Cc1cc(C(=N)c2ccc3ccccc3c2)c(N)s1. The Morgan fingerprint density at radius 3 is 2.55 bits per heavy atom. The predicted octanol–water partition coefficient (Wildman–Crippen LogP) is 3.77. The van der Waals surface area contributed by atoms with E-state index in [4.69, 9.17) is 16.4 Å². The number of anilines is 1. The van der Waals surface area contributed by atoms with Gasteiger partial charge < -0.3 is 5.73 Å². The van der Waals surface area contributed by atoms with Gasteiger partial charge in [-0.05, 0) is 22.9 Å². The first kappa shape index (κ1) is 12.4. The van der Waals surface area contributed by atoms with E-state index in [0.717, 1.165) is 16.3 Å². The third kappa shape index (κ3) is 2.04. The maximum Gasteiger partial charge on any atom is 0.110 e. The van der Waals surface area contributed by atoms with Crippen LogP contribution in [0.1, 0.15) is 16.0 Å². The van der Waals surface area contributed by atoms with Gasteiger partial charge in [0, 0.05) is 11.1 Å². The minimum absolute atomic E-state index is 0.353. The smallest absolute Gasteiger partial charge is 0.110 e. The highest BCUT2D eigenvalue weighted by molar-refractivity contribution is 7.16. The van der Waals surface area contributed by atoms with Gasteiger partial charge >= 0.3 is 0 Å². The number of nitriles is 1. The first-order chi connectivity index (χ1) is 9.69. The summed E-state index contributed by atoms with van der Waals surface area (Å²) >= 11 is 1.22. The normalized spacial score (nSPS) is 10.3. The van der Waals surface area contributed by atoms with Crippen molar-refractivity contribution in [1.29, 1.82) is 10.7 Å². The van der Waals surface area contributed by atoms with E-state index in [1.165, 1.54) is 11.3 Å². The highest BCUT2D eigenvalue weighted by Crippen LogP contribution is 2.27. The van der Waals surface area contributed by atoms with Gasteiger partial charge in [0.1, 0.15) is 10.9 Å². The molecule has 1 heterocycles. The van der Waals surface area contributed by atoms with Crippen molar-refractivity contribution in [1.82, 2.24) is 0 Å². The summed E-state index contributed by atoms with van der Waals surface area (Å²) in [6, 6.07) is 17.6. The van der Waals surface area contributed by atoms with Crippen LogP contribution in [-0.4, -0.2) is 5.71 Å². The first-order valence-electron chi connectivity index (χ1n) is 6.06. The molecule has 0 saturated carbocycles. The van der Waals surface area contributed by atoms with Crippen LogP contribution in [0, 0.1) is 16.7 Å². The number of nitrogen functional groups attached to an aromatic ring is 1. The summed E-state index contributed by atoms with van der Waals surface area (Å²) in [6.45, 7) is 0. The molecule has 0 fully saturated rings. The van der Waals surface area contributed by atoms with Gasteiger partial charge in [0.05, 0.1) is 10.7 Å². The Morgan fingerprint density at radius 1 is 1.10 bits per heavy atom. The zero-order chi connectivity index (χ0) is 14.1. The zero-order valence-corrected chi connectivity index (χ0v) is 11.4. The fraction of sp³-hybridized carbons (Fsp3) is 0. The molecule has 1 aromatic heterocycles. The second-order valence-electron chi connectivity index (χ2n) is 4.44. The lowest BCUT2D eigenvalue weighted by Crippen LogP contribution is -2.02. The molecule has 3 rings (SSSR count). The molecule has 20 heavy (non-hydrogen) atoms. The molecule has 0 saturated heterocycles. The Bertz CT molecular complexity index is 856. The van der Waals surface area contributed by atoms with Gasteiger partial charge in [0.25, 0.3) is 0 Å². The van der Waals surface area contributed by atoms with Gasteiger partial charge in [0.2, 0.25) is 0 Å². The number of nitrogens with one attached hydrogen (secondary N) is 1. The maximum atomic E-state index is 8.90. The van der Waals surface area contributed by atoms with Crippen LogP contribution >= 0.6 is 11.3 Å². The number of thiophene rings is 1. The number of nitrogens with zero attached hydrogens (tertiary/aromatic N) is 1. The Morgan fingerprint density at radius 2 is 1.85 bits per heavy atom. The predicted molar refractivity (Wildman–Crippen MR) is 83.3 cm³/mol. The molecule has 0 unspecified atom stereocenters. The molecular formula is C16H11N3S. The van der Waals surface area contributed by atoms with E-state index in [1.807, 2.05) is 42.5 Å². The molecule has 0 radical (unpaired) electrons. The molecule has 4 heteroatoms. The van der Waals surface area contributed by atoms with Gasteiger partial charge in [-0.2, -0.15) is 5.26 Å². The number of benzene rings is 2. The third-order valence-electron chi connectivity index (χ3n) is 3.18. The molecule has 3 nitrogen and oxygen atoms in total. The van der Waals surface area contributed by atoms with Crippen LogP contribution in [0.4, 0.5) is 5.00 Å². The molecule has 0 aliphatic heterocycles. The standard InChI is InChI=1S/C16H11N3S/c17-9-13-8-14(16(19)20-13)15(18)12-6-5-10-3-1-2-4-11(10)7-12/h1-8,18H,19H2. The molecular weight excluding hydrogens is 266 g/mol. The first-order valence-corrected chi connectivity index (χ1v) is 6.88. The van der Waals surface area contributed by atoms with Crippen LogP contribution in [0.25, 0.3) is 10.8 Å². The molecule has 0 atom stereocenters. The van der Waals surface area contributed by atoms with Crippen molar-refractivity contribution in [3.05, 3.63) is 64.5 Å². The Kier molecular flexibility index (Phi) is 2.97. The van der Waals surface area contributed by atoms with E-state index in [-0.39, 0.29) is 0 Å². The minimum atomic E-state index is 0.353. The number of hydrogen-bond acceptors (Lipinski definition) is 4. The summed E-state index contributed by atoms with van der Waals surface area (Å²) in [6.07, 6.45) is 0. The molecule has 2 aromatic carbocycles. The van der Waals surface area contributed by atoms with E-state index >= 15 is 0 Å². The van der Waals surface area contributed by atoms with Gasteiger partial charge in [-0.3, -0.25) is 5.41 Å². The van der Waals surface area contributed by atoms with Crippen molar-refractivity contribution in [3.8, 4) is 6.07 Å². The summed E-state index contributed by atoms with van der Waals surface area (Å²) < 4.78 is 0. The van der Waals surface area contributed by atoms with Crippen molar-refractivity contribution in [3.63, 3.8) is 0 Å². The van der Waals surface area contributed by atoms with Gasteiger partial charge in [-0.25, -0.2) is 0 Å². The largest absolute Gasteiger partial charge is 0.390 e. The van der Waals surface area contributed by atoms with Crippen LogP contribution in [0.15, 0.2) is 48.5 Å². The zero-order valence-electron chi connectivity index (χ0n) is 10.6. The topological polar surface area (TPSA) is 73.7 Å². The van der Waals surface area contributed by atoms with Crippen LogP contribution in [0.2, 0.25) is 0 Å². The fourth-order valence-electron chi connectivity index (χ4n) is 2.16. The number of nitrogens with two attached hydrogens (primary N) is 1. The molecule has 0 aliphatic rings. The van der Waals surface area contributed by atoms with Crippen LogP contribution in [0.3, 0.4) is 0 Å². The molecule has 96 valence electrons. The minimum Gasteiger partial charge on any atom is -0.390 e. The number of hydrogen-bond donors (Lipinski definition) is 2. The summed E-state index contributed by atoms with van der Waals surface area (Å²) in [5, 5.41) is 19.9. The van der Waals surface area contributed by atoms with Crippen LogP contribution in [0.5, 0.6) is 0 Å². The molecule has 3 aromatic rings. The van der Waals surface area contributed by atoms with Gasteiger partial charge in [0.15, 0.2) is 0 Å². The average molecular weight is 277 g/mol. The van der Waals surface area contributed by atoms with E-state index in [2.05, 4.69) is 6.07 Å². The second kappa shape index (κ2) is 4.80. The quantitative estimate of drug-likeness (QED) is 0.700. The lowest BCUT2D eigenvalue weighted by atomic mass is 10.0. The van der Waals surface area contributed by atoms with Crippen molar-refractivity contribution >= 4 is 32.8 Å². The molecule has 0 amide bonds. The molecule has 0 bridgehead atoms. The Hall–Kier alpha value is -2.64. The number of fused-ring (bicyclic) bond motifs is 1. The highest BCUT2D eigenvalue weighted by atomic mass is 32.1. The van der Waals surface area contributed by atoms with Crippen molar-refractivity contribution in [2.45, 2.75) is 0 Å². The van der Waals surface area contributed by atoms with Crippen molar-refractivity contribution in [2.24, 2.45) is 0 Å². The Labute approximate surface area is 120 Å². The van der Waals surface area contributed by atoms with Gasteiger partial charge in [-0.15, -0.1) is 11.3 Å². The van der Waals surface area contributed by atoms with Gasteiger partial charge in [-0.1, -0.05) is 36.4 Å². The Balaban J connectivity index is 2.08. The summed E-state index contributed by atoms with van der Waals surface area (Å²) in [5.41, 5.74) is 7.68. The summed E-state index contributed by atoms with van der Waals surface area (Å²) in [5.74, 6) is 0. The lowest BCUT2D eigenvalue weighted by molar-refractivity contribution is 1.47. The van der Waals surface area contributed by atoms with Crippen molar-refractivity contribution < 1.29 is 0 Å². The van der Waals surface area contributed by atoms with Crippen LogP contribution in [-0.2, 0) is 0 Å². The molecule has 3 N–H and O–H groups in total. The van der Waals surface area contributed by atoms with E-state index in [9.17, 15) is 0 Å². The highest BCUT2D eigenvalue weighted by Gasteiger charge is 2.13. The van der Waals surface area contributed by atoms with Crippen molar-refractivity contribution in [2.75, 3.05) is 5.73 Å². The molecule has 0 aliphatic carbocycles. The number of rotatable bonds is 2. The summed E-state index contributed by atoms with van der Waals surface area (Å²) in [4.78, 5) is 0.531. The lowest BCUT2D eigenvalue weighted by Gasteiger charge is -2.05. The van der Waals surface area contributed by atoms with Crippen LogP contribution < -0.4 is 5.73 Å².